The van der Waals surface area contributed by atoms with E-state index in [0.717, 1.165) is 6.07 Å². The molecule has 9 heteroatoms. The maximum Gasteiger partial charge on any atom is 0.313 e. The van der Waals surface area contributed by atoms with E-state index in [4.69, 9.17) is 39.5 Å². The Hall–Kier alpha value is -1.63. The maximum absolute atomic E-state index is 11.0. The molecule has 0 amide bonds. The van der Waals surface area contributed by atoms with E-state index in [1.165, 1.54) is 12.1 Å². The van der Waals surface area contributed by atoms with Gasteiger partial charge in [-0.1, -0.05) is 34.8 Å². The van der Waals surface area contributed by atoms with Crippen LogP contribution in [-0.2, 0) is 0 Å². The van der Waals surface area contributed by atoms with Crippen LogP contribution in [0.2, 0.25) is 15.2 Å². The third-order valence-corrected chi connectivity index (χ3v) is 3.11. The minimum absolute atomic E-state index is 0.0580. The van der Waals surface area contributed by atoms with Crippen LogP contribution in [0.15, 0.2) is 18.2 Å². The summed E-state index contributed by atoms with van der Waals surface area (Å²) < 4.78 is 5.35. The number of hydrogen-bond donors (Lipinski definition) is 0. The molecule has 0 aliphatic rings. The molecule has 0 atom stereocenters. The van der Waals surface area contributed by atoms with Gasteiger partial charge in [-0.2, -0.15) is 4.98 Å². The highest BCUT2D eigenvalue weighted by atomic mass is 35.5. The van der Waals surface area contributed by atoms with E-state index in [0.29, 0.717) is 5.82 Å². The van der Waals surface area contributed by atoms with Crippen LogP contribution in [0.25, 0.3) is 0 Å². The summed E-state index contributed by atoms with van der Waals surface area (Å²) in [5.74, 6) is 0.359. The Morgan fingerprint density at radius 1 is 1.15 bits per heavy atom. The van der Waals surface area contributed by atoms with E-state index in [9.17, 15) is 10.1 Å². The largest absolute Gasteiger partial charge is 0.432 e. The Balaban J connectivity index is 2.47. The lowest BCUT2D eigenvalue weighted by atomic mass is 10.3. The minimum Gasteiger partial charge on any atom is -0.432 e. The van der Waals surface area contributed by atoms with Crippen LogP contribution in [0.4, 0.5) is 5.69 Å². The fraction of sp³-hybridized carbons (Fsp3) is 0.0909. The third-order valence-electron chi connectivity index (χ3n) is 2.20. The molecular weight excluding hydrogens is 328 g/mol. The molecule has 104 valence electrons. The van der Waals surface area contributed by atoms with E-state index in [2.05, 4.69) is 9.97 Å². The van der Waals surface area contributed by atoms with Crippen molar-refractivity contribution in [2.24, 2.45) is 0 Å². The Morgan fingerprint density at radius 2 is 1.80 bits per heavy atom. The molecule has 0 aliphatic carbocycles. The van der Waals surface area contributed by atoms with Crippen molar-refractivity contribution in [3.8, 4) is 11.6 Å². The quantitative estimate of drug-likeness (QED) is 0.471. The Kier molecular flexibility index (Phi) is 4.27. The van der Waals surface area contributed by atoms with Gasteiger partial charge in [0.25, 0.3) is 0 Å². The Labute approximate surface area is 128 Å². The van der Waals surface area contributed by atoms with E-state index in [-0.39, 0.29) is 32.5 Å². The standard InChI is InChI=1S/C11H6Cl3N3O3/c1-5-15-10(14)4-11(16-5)20-9-3-7(13)6(12)2-8(9)17(18)19/h2-4H,1H3. The van der Waals surface area contributed by atoms with Crippen molar-refractivity contribution in [3.63, 3.8) is 0 Å². The van der Waals surface area contributed by atoms with Crippen molar-refractivity contribution in [2.45, 2.75) is 6.92 Å². The average molecular weight is 335 g/mol. The number of nitro groups is 1. The summed E-state index contributed by atoms with van der Waals surface area (Å²) in [5, 5.41) is 11.3. The summed E-state index contributed by atoms with van der Waals surface area (Å²) in [6.45, 7) is 1.61. The summed E-state index contributed by atoms with van der Waals surface area (Å²) in [6, 6.07) is 3.68. The average Bonchev–Trinajstić information content (AvgIpc) is 2.31. The molecule has 0 fully saturated rings. The number of benzene rings is 1. The molecule has 0 spiro atoms. The summed E-state index contributed by atoms with van der Waals surface area (Å²) >= 11 is 17.3. The zero-order valence-electron chi connectivity index (χ0n) is 9.93. The number of nitrogens with zero attached hydrogens (tertiary/aromatic N) is 3. The van der Waals surface area contributed by atoms with Crippen molar-refractivity contribution >= 4 is 40.5 Å². The lowest BCUT2D eigenvalue weighted by Gasteiger charge is -2.07. The van der Waals surface area contributed by atoms with Crippen molar-refractivity contribution < 1.29 is 9.66 Å². The van der Waals surface area contributed by atoms with Crippen LogP contribution in [-0.4, -0.2) is 14.9 Å². The molecule has 1 aromatic carbocycles. The lowest BCUT2D eigenvalue weighted by Crippen LogP contribution is -1.97. The first-order valence-electron chi connectivity index (χ1n) is 5.19. The molecule has 2 aromatic rings. The lowest BCUT2D eigenvalue weighted by molar-refractivity contribution is -0.385. The highest BCUT2D eigenvalue weighted by Crippen LogP contribution is 2.37. The van der Waals surface area contributed by atoms with Crippen molar-refractivity contribution in [3.05, 3.63) is 49.3 Å². The summed E-state index contributed by atoms with van der Waals surface area (Å²) in [7, 11) is 0. The number of aryl methyl sites for hydroxylation is 1. The van der Waals surface area contributed by atoms with Gasteiger partial charge in [0, 0.05) is 18.2 Å². The van der Waals surface area contributed by atoms with Gasteiger partial charge in [-0.15, -0.1) is 0 Å². The van der Waals surface area contributed by atoms with E-state index in [1.807, 2.05) is 0 Å². The second-order valence-electron chi connectivity index (χ2n) is 3.67. The van der Waals surface area contributed by atoms with Crippen molar-refractivity contribution in [1.29, 1.82) is 0 Å². The van der Waals surface area contributed by atoms with Crippen LogP contribution in [0.5, 0.6) is 11.6 Å². The van der Waals surface area contributed by atoms with E-state index >= 15 is 0 Å². The number of aromatic nitrogens is 2. The highest BCUT2D eigenvalue weighted by Gasteiger charge is 2.19. The molecule has 0 unspecified atom stereocenters. The smallest absolute Gasteiger partial charge is 0.313 e. The molecule has 2 rings (SSSR count). The van der Waals surface area contributed by atoms with Gasteiger partial charge in [0.2, 0.25) is 11.6 Å². The zero-order chi connectivity index (χ0) is 14.9. The van der Waals surface area contributed by atoms with Crippen LogP contribution in [0.3, 0.4) is 0 Å². The SMILES string of the molecule is Cc1nc(Cl)cc(Oc2cc(Cl)c(Cl)cc2[N+](=O)[O-])n1. The molecule has 0 N–H and O–H groups in total. The number of ether oxygens (including phenoxy) is 1. The van der Waals surface area contributed by atoms with Gasteiger partial charge in [-0.3, -0.25) is 10.1 Å². The molecule has 1 aromatic heterocycles. The van der Waals surface area contributed by atoms with Crippen LogP contribution in [0.1, 0.15) is 5.82 Å². The van der Waals surface area contributed by atoms with Gasteiger partial charge in [-0.05, 0) is 6.92 Å². The minimum atomic E-state index is -0.632. The summed E-state index contributed by atoms with van der Waals surface area (Å²) in [4.78, 5) is 18.2. The van der Waals surface area contributed by atoms with Crippen molar-refractivity contribution in [2.75, 3.05) is 0 Å². The first-order valence-corrected chi connectivity index (χ1v) is 6.32. The first kappa shape index (κ1) is 14.8. The molecule has 0 radical (unpaired) electrons. The summed E-state index contributed by atoms with van der Waals surface area (Å²) in [6.07, 6.45) is 0. The number of hydrogen-bond acceptors (Lipinski definition) is 5. The number of rotatable bonds is 3. The van der Waals surface area contributed by atoms with Crippen molar-refractivity contribution in [1.82, 2.24) is 9.97 Å². The molecule has 0 saturated carbocycles. The van der Waals surface area contributed by atoms with Gasteiger partial charge in [-0.25, -0.2) is 4.98 Å². The van der Waals surface area contributed by atoms with Gasteiger partial charge >= 0.3 is 5.69 Å². The molecule has 6 nitrogen and oxygen atoms in total. The second kappa shape index (κ2) is 5.78. The molecule has 20 heavy (non-hydrogen) atoms. The third kappa shape index (κ3) is 3.27. The zero-order valence-corrected chi connectivity index (χ0v) is 12.2. The number of halogens is 3. The van der Waals surface area contributed by atoms with Crippen LogP contribution < -0.4 is 4.74 Å². The fourth-order valence-electron chi connectivity index (χ4n) is 1.41. The highest BCUT2D eigenvalue weighted by molar-refractivity contribution is 6.42. The fourth-order valence-corrected chi connectivity index (χ4v) is 1.94. The monoisotopic (exact) mass is 333 g/mol. The Morgan fingerprint density at radius 3 is 2.40 bits per heavy atom. The molecular formula is C11H6Cl3N3O3. The normalized spacial score (nSPS) is 10.4. The predicted octanol–water partition coefficient (Wildman–Crippen LogP) is 4.45. The molecule has 1 heterocycles. The van der Waals surface area contributed by atoms with Gasteiger partial charge in [0.1, 0.15) is 11.0 Å². The molecule has 0 saturated heterocycles. The summed E-state index contributed by atoms with van der Waals surface area (Å²) in [5.41, 5.74) is -0.327. The van der Waals surface area contributed by atoms with Gasteiger partial charge < -0.3 is 4.74 Å². The van der Waals surface area contributed by atoms with E-state index in [1.54, 1.807) is 6.92 Å². The van der Waals surface area contributed by atoms with Crippen LogP contribution in [0, 0.1) is 17.0 Å². The first-order chi connectivity index (χ1) is 9.36. The molecule has 0 bridgehead atoms. The topological polar surface area (TPSA) is 78.2 Å². The van der Waals surface area contributed by atoms with Gasteiger partial charge in [0.15, 0.2) is 0 Å². The maximum atomic E-state index is 11.0. The predicted molar refractivity (Wildman–Crippen MR) is 75.0 cm³/mol. The van der Waals surface area contributed by atoms with Crippen LogP contribution >= 0.6 is 34.8 Å². The van der Waals surface area contributed by atoms with Gasteiger partial charge in [0.05, 0.1) is 15.0 Å². The number of nitro benzene ring substituents is 1. The Bertz CT molecular complexity index is 674. The molecule has 0 aliphatic heterocycles. The second-order valence-corrected chi connectivity index (χ2v) is 4.87. The van der Waals surface area contributed by atoms with E-state index < -0.39 is 4.92 Å².